The molecule has 0 radical (unpaired) electrons. The highest BCUT2D eigenvalue weighted by atomic mass is 16.2. The first-order valence-corrected chi connectivity index (χ1v) is 6.37. The average Bonchev–Trinajstić information content (AvgIpc) is 2.36. The van der Waals surface area contributed by atoms with Gasteiger partial charge in [-0.1, -0.05) is 19.9 Å². The number of nitrogen functional groups attached to an aromatic ring is 1. The van der Waals surface area contributed by atoms with Crippen molar-refractivity contribution >= 4 is 17.3 Å². The summed E-state index contributed by atoms with van der Waals surface area (Å²) >= 11 is 0. The predicted molar refractivity (Wildman–Crippen MR) is 76.7 cm³/mol. The third-order valence-corrected chi connectivity index (χ3v) is 3.27. The number of nitrogens with two attached hydrogens (primary N) is 1. The zero-order valence-electron chi connectivity index (χ0n) is 11.7. The van der Waals surface area contributed by atoms with E-state index in [-0.39, 0.29) is 5.91 Å². The van der Waals surface area contributed by atoms with Crippen LogP contribution < -0.4 is 11.1 Å². The lowest BCUT2D eigenvalue weighted by Crippen LogP contribution is -2.33. The molecule has 0 bridgehead atoms. The van der Waals surface area contributed by atoms with Crippen LogP contribution in [0.15, 0.2) is 12.1 Å². The summed E-state index contributed by atoms with van der Waals surface area (Å²) in [7, 11) is 0. The summed E-state index contributed by atoms with van der Waals surface area (Å²) in [5.74, 6) is 0.00468. The number of nitrogens with zero attached hydrogens (tertiary/aromatic N) is 1. The van der Waals surface area contributed by atoms with E-state index in [2.05, 4.69) is 10.2 Å². The standard InChI is InChI=1S/C14H23N3O/c1-5-17(6-2)9-13(18)16-12-8-7-10(3)14(15)11(12)4/h7-8H,5-6,9,15H2,1-4H3,(H,16,18). The molecule has 0 aliphatic carbocycles. The van der Waals surface area contributed by atoms with Crippen molar-refractivity contribution < 1.29 is 4.79 Å². The van der Waals surface area contributed by atoms with E-state index >= 15 is 0 Å². The number of likely N-dealkylation sites (N-methyl/N-ethyl adjacent to an activating group) is 1. The fraction of sp³-hybridized carbons (Fsp3) is 0.500. The largest absolute Gasteiger partial charge is 0.398 e. The molecular weight excluding hydrogens is 226 g/mol. The van der Waals surface area contributed by atoms with Gasteiger partial charge in [0.25, 0.3) is 0 Å². The second-order valence-electron chi connectivity index (χ2n) is 4.48. The minimum Gasteiger partial charge on any atom is -0.398 e. The number of amides is 1. The van der Waals surface area contributed by atoms with Crippen molar-refractivity contribution in [2.45, 2.75) is 27.7 Å². The zero-order valence-corrected chi connectivity index (χ0v) is 11.7. The van der Waals surface area contributed by atoms with Gasteiger partial charge in [-0.25, -0.2) is 0 Å². The number of aryl methyl sites for hydroxylation is 1. The molecule has 0 atom stereocenters. The molecule has 4 heteroatoms. The van der Waals surface area contributed by atoms with E-state index in [0.29, 0.717) is 6.54 Å². The SMILES string of the molecule is CCN(CC)CC(=O)Nc1ccc(C)c(N)c1C. The van der Waals surface area contributed by atoms with Gasteiger partial charge in [0.05, 0.1) is 6.54 Å². The lowest BCUT2D eigenvalue weighted by molar-refractivity contribution is -0.117. The lowest BCUT2D eigenvalue weighted by Gasteiger charge is -2.18. The van der Waals surface area contributed by atoms with Gasteiger partial charge in [-0.15, -0.1) is 0 Å². The highest BCUT2D eigenvalue weighted by Crippen LogP contribution is 2.24. The quantitative estimate of drug-likeness (QED) is 0.786. The first kappa shape index (κ1) is 14.5. The van der Waals surface area contributed by atoms with Crippen LogP contribution in [0.5, 0.6) is 0 Å². The Bertz CT molecular complexity index is 425. The Morgan fingerprint density at radius 1 is 1.28 bits per heavy atom. The highest BCUT2D eigenvalue weighted by Gasteiger charge is 2.10. The number of nitrogens with one attached hydrogen (secondary N) is 1. The van der Waals surface area contributed by atoms with Crippen LogP contribution >= 0.6 is 0 Å². The maximum absolute atomic E-state index is 11.9. The van der Waals surface area contributed by atoms with E-state index in [4.69, 9.17) is 5.73 Å². The third kappa shape index (κ3) is 3.47. The predicted octanol–water partition coefficient (Wildman–Crippen LogP) is 2.17. The second kappa shape index (κ2) is 6.40. The molecule has 4 nitrogen and oxygen atoms in total. The van der Waals surface area contributed by atoms with Crippen LogP contribution in [0.3, 0.4) is 0 Å². The summed E-state index contributed by atoms with van der Waals surface area (Å²) in [5, 5.41) is 2.92. The van der Waals surface area contributed by atoms with Crippen molar-refractivity contribution in [3.63, 3.8) is 0 Å². The van der Waals surface area contributed by atoms with Gasteiger partial charge in [-0.3, -0.25) is 9.69 Å². The molecule has 18 heavy (non-hydrogen) atoms. The van der Waals surface area contributed by atoms with Crippen molar-refractivity contribution in [3.05, 3.63) is 23.3 Å². The van der Waals surface area contributed by atoms with Crippen LogP contribution in [-0.4, -0.2) is 30.4 Å². The molecule has 0 spiro atoms. The molecule has 0 saturated carbocycles. The van der Waals surface area contributed by atoms with Crippen LogP contribution in [0.4, 0.5) is 11.4 Å². The summed E-state index contributed by atoms with van der Waals surface area (Å²) < 4.78 is 0. The van der Waals surface area contributed by atoms with Crippen LogP contribution in [0.2, 0.25) is 0 Å². The van der Waals surface area contributed by atoms with Gasteiger partial charge < -0.3 is 11.1 Å². The molecule has 0 aliphatic heterocycles. The molecule has 0 heterocycles. The van der Waals surface area contributed by atoms with E-state index in [1.54, 1.807) is 0 Å². The molecule has 0 saturated heterocycles. The Labute approximate surface area is 109 Å². The van der Waals surface area contributed by atoms with Crippen molar-refractivity contribution in [1.29, 1.82) is 0 Å². The van der Waals surface area contributed by atoms with E-state index in [1.807, 2.05) is 39.8 Å². The number of benzene rings is 1. The summed E-state index contributed by atoms with van der Waals surface area (Å²) in [5.41, 5.74) is 9.47. The minimum absolute atomic E-state index is 0.00468. The Morgan fingerprint density at radius 3 is 2.44 bits per heavy atom. The molecule has 0 aromatic heterocycles. The van der Waals surface area contributed by atoms with Gasteiger partial charge in [-0.05, 0) is 44.1 Å². The molecule has 1 rings (SSSR count). The molecular formula is C14H23N3O. The van der Waals surface area contributed by atoms with Crippen molar-refractivity contribution in [1.82, 2.24) is 4.90 Å². The molecule has 0 unspecified atom stereocenters. The molecule has 1 aromatic carbocycles. The monoisotopic (exact) mass is 249 g/mol. The Kier molecular flexibility index (Phi) is 5.16. The Balaban J connectivity index is 2.73. The van der Waals surface area contributed by atoms with E-state index < -0.39 is 0 Å². The number of carbonyl (C=O) groups excluding carboxylic acids is 1. The molecule has 0 aliphatic rings. The van der Waals surface area contributed by atoms with Crippen LogP contribution in [-0.2, 0) is 4.79 Å². The van der Waals surface area contributed by atoms with Gasteiger partial charge in [0.1, 0.15) is 0 Å². The lowest BCUT2D eigenvalue weighted by atomic mass is 10.1. The highest BCUT2D eigenvalue weighted by molar-refractivity contribution is 5.93. The first-order chi connectivity index (χ1) is 8.49. The molecule has 0 fully saturated rings. The average molecular weight is 249 g/mol. The van der Waals surface area contributed by atoms with Crippen LogP contribution in [0.1, 0.15) is 25.0 Å². The fourth-order valence-electron chi connectivity index (χ4n) is 1.84. The minimum atomic E-state index is 0.00468. The molecule has 1 aromatic rings. The number of anilines is 2. The number of hydrogen-bond acceptors (Lipinski definition) is 3. The van der Waals surface area contributed by atoms with Crippen LogP contribution in [0, 0.1) is 13.8 Å². The number of carbonyl (C=O) groups is 1. The van der Waals surface area contributed by atoms with E-state index in [0.717, 1.165) is 35.6 Å². The summed E-state index contributed by atoms with van der Waals surface area (Å²) in [6, 6.07) is 3.83. The Morgan fingerprint density at radius 2 is 1.89 bits per heavy atom. The van der Waals surface area contributed by atoms with Gasteiger partial charge in [-0.2, -0.15) is 0 Å². The van der Waals surface area contributed by atoms with Crippen LogP contribution in [0.25, 0.3) is 0 Å². The summed E-state index contributed by atoms with van der Waals surface area (Å²) in [6.45, 7) is 10.1. The molecule has 3 N–H and O–H groups in total. The van der Waals surface area contributed by atoms with Gasteiger partial charge >= 0.3 is 0 Å². The van der Waals surface area contributed by atoms with Gasteiger partial charge in [0.2, 0.25) is 5.91 Å². The van der Waals surface area contributed by atoms with E-state index in [9.17, 15) is 4.79 Å². The number of rotatable bonds is 5. The van der Waals surface area contributed by atoms with Gasteiger partial charge in [0.15, 0.2) is 0 Å². The summed E-state index contributed by atoms with van der Waals surface area (Å²) in [6.07, 6.45) is 0. The summed E-state index contributed by atoms with van der Waals surface area (Å²) in [4.78, 5) is 14.0. The normalized spacial score (nSPS) is 10.7. The fourth-order valence-corrected chi connectivity index (χ4v) is 1.84. The third-order valence-electron chi connectivity index (χ3n) is 3.27. The number of hydrogen-bond donors (Lipinski definition) is 2. The maximum Gasteiger partial charge on any atom is 0.238 e. The second-order valence-corrected chi connectivity index (χ2v) is 4.48. The van der Waals surface area contributed by atoms with Crippen molar-refractivity contribution in [3.8, 4) is 0 Å². The Hall–Kier alpha value is -1.55. The first-order valence-electron chi connectivity index (χ1n) is 6.37. The van der Waals surface area contributed by atoms with Gasteiger partial charge in [0, 0.05) is 11.4 Å². The zero-order chi connectivity index (χ0) is 13.7. The maximum atomic E-state index is 11.9. The molecule has 100 valence electrons. The van der Waals surface area contributed by atoms with Crippen molar-refractivity contribution in [2.75, 3.05) is 30.7 Å². The topological polar surface area (TPSA) is 58.4 Å². The van der Waals surface area contributed by atoms with Crippen molar-refractivity contribution in [2.24, 2.45) is 0 Å². The smallest absolute Gasteiger partial charge is 0.238 e. The molecule has 1 amide bonds. The van der Waals surface area contributed by atoms with E-state index in [1.165, 1.54) is 0 Å².